The molecule has 0 unspecified atom stereocenters. The van der Waals surface area contributed by atoms with Crippen molar-refractivity contribution < 1.29 is 50.7 Å². The van der Waals surface area contributed by atoms with Crippen molar-refractivity contribution in [1.82, 2.24) is 0 Å². The minimum Gasteiger partial charge on any atom is -1.00 e. The van der Waals surface area contributed by atoms with Crippen LogP contribution in [0, 0.1) is 0 Å². The van der Waals surface area contributed by atoms with Crippen LogP contribution in [0.4, 0.5) is 0 Å². The van der Waals surface area contributed by atoms with Crippen LogP contribution in [0.1, 0.15) is 290 Å². The first kappa shape index (κ1) is 76.9. The first-order valence-electron chi connectivity index (χ1n) is 29.8. The summed E-state index contributed by atoms with van der Waals surface area (Å²) in [5.41, 5.74) is 1.46. The van der Waals surface area contributed by atoms with Crippen LogP contribution >= 0.6 is 0 Å². The van der Waals surface area contributed by atoms with Crippen LogP contribution in [0.5, 0.6) is 0 Å². The summed E-state index contributed by atoms with van der Waals surface area (Å²) in [6.07, 6.45) is 57.6. The van der Waals surface area contributed by atoms with Crippen molar-refractivity contribution in [2.75, 3.05) is 75.5 Å². The summed E-state index contributed by atoms with van der Waals surface area (Å²) in [5.74, 6) is 0. The Hall–Kier alpha value is -0.0300. The molecule has 68 heavy (non-hydrogen) atoms. The first-order chi connectivity index (χ1) is 31.3. The molecule has 1 aromatic rings. The molecule has 3 nitrogen and oxygen atoms in total. The molecule has 6 heteroatoms. The molecule has 0 fully saturated rings. The second kappa shape index (κ2) is 57.9. The third-order valence-corrected chi connectivity index (χ3v) is 14.0. The van der Waals surface area contributed by atoms with E-state index in [2.05, 4.69) is 107 Å². The van der Waals surface area contributed by atoms with Gasteiger partial charge in [-0.15, -0.1) is 0 Å². The molecule has 0 saturated carbocycles. The number of halogens is 3. The standard InChI is InChI=1S/C26H56N.C21H38N.C15H34N.3ClH/c1-5-7-9-11-13-15-17-19-21-23-25-27(3,4)26-24-22-20-18-16-14-12-10-8-6-2;1-4-5-6-7-8-9-10-11-12-16-19-22(2,3)20-21-17-14-13-15-18-21;1-5-6-7-8-9-10-11-12-13-14-15-16(2,3)4;;;/h5-26H2,1-4H3;13-15,17-18H,4-12,16,19-20H2,1-3H3;5-15H2,1-4H3;3*1H/q3*+1;;;/p-3. The zero-order valence-corrected chi connectivity index (χ0v) is 50.9. The fraction of sp³-hybridized carbons (Fsp3) is 0.903. The van der Waals surface area contributed by atoms with Gasteiger partial charge in [0.1, 0.15) is 6.54 Å². The van der Waals surface area contributed by atoms with Gasteiger partial charge in [-0.3, -0.25) is 0 Å². The minimum atomic E-state index is 0. The number of rotatable bonds is 46. The third kappa shape index (κ3) is 66.0. The minimum absolute atomic E-state index is 0. The SMILES string of the molecule is CCCCCCCCCCCC[N+](C)(C)C.CCCCCCCCCCCC[N+](C)(C)CCCCCCCCCCCC.CCCCCCCCCCCC[N+](C)(C)Cc1ccccc1.[Cl-].[Cl-].[Cl-]. The van der Waals surface area contributed by atoms with Gasteiger partial charge in [-0.1, -0.05) is 263 Å². The van der Waals surface area contributed by atoms with E-state index < -0.39 is 0 Å². The highest BCUT2D eigenvalue weighted by Crippen LogP contribution is 2.17. The van der Waals surface area contributed by atoms with Gasteiger partial charge >= 0.3 is 0 Å². The Bertz CT molecular complexity index is 1000. The number of hydrogen-bond donors (Lipinski definition) is 0. The van der Waals surface area contributed by atoms with Crippen molar-refractivity contribution in [3.8, 4) is 0 Å². The summed E-state index contributed by atoms with van der Waals surface area (Å²) in [4.78, 5) is 0. The van der Waals surface area contributed by atoms with Gasteiger partial charge in [-0.2, -0.15) is 0 Å². The largest absolute Gasteiger partial charge is 1.00 e. The Kier molecular flexibility index (Phi) is 65.4. The maximum Gasteiger partial charge on any atom is 0.104 e. The predicted molar refractivity (Wildman–Crippen MR) is 299 cm³/mol. The highest BCUT2D eigenvalue weighted by atomic mass is 35.5. The van der Waals surface area contributed by atoms with Crippen LogP contribution in [0.25, 0.3) is 0 Å². The molecule has 0 atom stereocenters. The predicted octanol–water partition coefficient (Wildman–Crippen LogP) is 10.7. The van der Waals surface area contributed by atoms with E-state index in [4.69, 9.17) is 0 Å². The lowest BCUT2D eigenvalue weighted by molar-refractivity contribution is -0.903. The molecule has 0 spiro atoms. The van der Waals surface area contributed by atoms with Gasteiger partial charge in [0.25, 0.3) is 0 Å². The van der Waals surface area contributed by atoms with E-state index in [9.17, 15) is 0 Å². The van der Waals surface area contributed by atoms with Crippen molar-refractivity contribution in [2.24, 2.45) is 0 Å². The fourth-order valence-corrected chi connectivity index (χ4v) is 9.42. The molecule has 412 valence electrons. The maximum absolute atomic E-state index is 2.45. The summed E-state index contributed by atoms with van der Waals surface area (Å²) in [7, 11) is 16.5. The Balaban J connectivity index is -0.000000294. The molecule has 0 radical (unpaired) electrons. The van der Waals surface area contributed by atoms with E-state index in [0.717, 1.165) is 15.5 Å². The number of quaternary nitrogens is 3. The highest BCUT2D eigenvalue weighted by Gasteiger charge is 2.15. The Labute approximate surface area is 450 Å². The average Bonchev–Trinajstić information content (AvgIpc) is 3.26. The summed E-state index contributed by atoms with van der Waals surface area (Å²) in [6, 6.07) is 10.9. The lowest BCUT2D eigenvalue weighted by atomic mass is 10.1. The monoisotopic (exact) mass is 1020 g/mol. The molecule has 1 rings (SSSR count). The zero-order valence-electron chi connectivity index (χ0n) is 48.7. The molecule has 1 aromatic carbocycles. The van der Waals surface area contributed by atoms with Crippen molar-refractivity contribution in [1.29, 1.82) is 0 Å². The van der Waals surface area contributed by atoms with E-state index in [0.29, 0.717) is 0 Å². The van der Waals surface area contributed by atoms with Crippen LogP contribution in [0.3, 0.4) is 0 Å². The molecule has 0 aliphatic heterocycles. The average molecular weight is 1020 g/mol. The summed E-state index contributed by atoms with van der Waals surface area (Å²) in [6.45, 7) is 15.7. The lowest BCUT2D eigenvalue weighted by Gasteiger charge is -2.30. The smallest absolute Gasteiger partial charge is 0.104 e. The van der Waals surface area contributed by atoms with E-state index in [1.54, 1.807) is 0 Å². The number of unbranched alkanes of at least 4 members (excludes halogenated alkanes) is 36. The maximum atomic E-state index is 2.45. The first-order valence-corrected chi connectivity index (χ1v) is 29.8. The van der Waals surface area contributed by atoms with E-state index >= 15 is 0 Å². The molecule has 0 aromatic heterocycles. The van der Waals surface area contributed by atoms with Crippen LogP contribution in [0.15, 0.2) is 30.3 Å². The van der Waals surface area contributed by atoms with E-state index in [1.807, 2.05) is 0 Å². The topological polar surface area (TPSA) is 0 Å². The van der Waals surface area contributed by atoms with Gasteiger partial charge in [0, 0.05) is 5.56 Å². The summed E-state index contributed by atoms with van der Waals surface area (Å²) < 4.78 is 3.48. The molecule has 0 aliphatic rings. The number of hydrogen-bond acceptors (Lipinski definition) is 0. The van der Waals surface area contributed by atoms with Crippen molar-refractivity contribution in [3.05, 3.63) is 35.9 Å². The lowest BCUT2D eigenvalue weighted by Crippen LogP contribution is -3.00. The van der Waals surface area contributed by atoms with Crippen LogP contribution < -0.4 is 37.2 Å². The zero-order chi connectivity index (χ0) is 48.4. The van der Waals surface area contributed by atoms with Gasteiger partial charge in [0.15, 0.2) is 0 Å². The quantitative estimate of drug-likeness (QED) is 0.0451. The Morgan fingerprint density at radius 1 is 0.250 bits per heavy atom. The third-order valence-electron chi connectivity index (χ3n) is 14.0. The van der Waals surface area contributed by atoms with Crippen LogP contribution in [-0.4, -0.2) is 89.0 Å². The van der Waals surface area contributed by atoms with E-state index in [1.165, 1.54) is 293 Å². The highest BCUT2D eigenvalue weighted by molar-refractivity contribution is 5.13. The van der Waals surface area contributed by atoms with Gasteiger partial charge in [-0.25, -0.2) is 0 Å². The molecular formula is C62H128Cl3N3. The molecule has 0 saturated heterocycles. The van der Waals surface area contributed by atoms with Gasteiger partial charge in [-0.05, 0) is 51.4 Å². The van der Waals surface area contributed by atoms with Crippen molar-refractivity contribution >= 4 is 0 Å². The molecule has 0 heterocycles. The molecule has 0 bridgehead atoms. The molecule has 0 amide bonds. The number of nitrogens with zero attached hydrogens (tertiary/aromatic N) is 3. The normalized spacial score (nSPS) is 11.4. The summed E-state index contributed by atoms with van der Waals surface area (Å²) in [5, 5.41) is 0. The van der Waals surface area contributed by atoms with Gasteiger partial charge < -0.3 is 50.7 Å². The molecule has 0 aliphatic carbocycles. The number of benzene rings is 1. The Morgan fingerprint density at radius 3 is 0.691 bits per heavy atom. The second-order valence-corrected chi connectivity index (χ2v) is 23.4. The second-order valence-electron chi connectivity index (χ2n) is 23.4. The molecular weight excluding hydrogens is 893 g/mol. The van der Waals surface area contributed by atoms with Crippen molar-refractivity contribution in [3.63, 3.8) is 0 Å². The molecule has 0 N–H and O–H groups in total. The van der Waals surface area contributed by atoms with Crippen LogP contribution in [-0.2, 0) is 6.54 Å². The van der Waals surface area contributed by atoms with Gasteiger partial charge in [0.2, 0.25) is 0 Å². The van der Waals surface area contributed by atoms with Gasteiger partial charge in [0.05, 0.1) is 75.5 Å². The summed E-state index contributed by atoms with van der Waals surface area (Å²) >= 11 is 0. The fourth-order valence-electron chi connectivity index (χ4n) is 9.42. The van der Waals surface area contributed by atoms with Crippen molar-refractivity contribution in [2.45, 2.75) is 291 Å². The Morgan fingerprint density at radius 2 is 0.456 bits per heavy atom. The van der Waals surface area contributed by atoms with Crippen LogP contribution in [0.2, 0.25) is 0 Å². The van der Waals surface area contributed by atoms with E-state index in [-0.39, 0.29) is 37.2 Å².